The average Bonchev–Trinajstić information content (AvgIpc) is 2.68. The number of anilines is 1. The fourth-order valence-corrected chi connectivity index (χ4v) is 3.59. The van der Waals surface area contributed by atoms with E-state index in [0.717, 1.165) is 37.6 Å². The quantitative estimate of drug-likeness (QED) is 0.688. The standard InChI is InChI=1S/C21H24BrFN2O2/c1-24(21(26)9-7-16-6-8-18(22)14-19(16)23)15-17-4-2-3-5-20(17)25-10-12-27-13-11-25/h2-6,8,14H,7,9-13,15H2,1H3. The molecule has 3 rings (SSSR count). The molecule has 6 heteroatoms. The first-order valence-corrected chi connectivity index (χ1v) is 9.92. The number of para-hydroxylation sites is 1. The number of rotatable bonds is 6. The Bertz CT molecular complexity index is 794. The minimum Gasteiger partial charge on any atom is -0.378 e. The molecule has 144 valence electrons. The predicted molar refractivity (Wildman–Crippen MR) is 108 cm³/mol. The van der Waals surface area contributed by atoms with Gasteiger partial charge in [-0.25, -0.2) is 4.39 Å². The molecule has 0 spiro atoms. The minimum absolute atomic E-state index is 0.00843. The van der Waals surface area contributed by atoms with Crippen LogP contribution in [0.2, 0.25) is 0 Å². The van der Waals surface area contributed by atoms with Gasteiger partial charge in [-0.1, -0.05) is 40.2 Å². The number of halogens is 2. The van der Waals surface area contributed by atoms with E-state index >= 15 is 0 Å². The first-order chi connectivity index (χ1) is 13.0. The van der Waals surface area contributed by atoms with Gasteiger partial charge in [0.05, 0.1) is 13.2 Å². The van der Waals surface area contributed by atoms with Crippen molar-refractivity contribution < 1.29 is 13.9 Å². The molecule has 0 bridgehead atoms. The largest absolute Gasteiger partial charge is 0.378 e. The van der Waals surface area contributed by atoms with Crippen LogP contribution >= 0.6 is 15.9 Å². The van der Waals surface area contributed by atoms with Crippen LogP contribution in [0.1, 0.15) is 17.5 Å². The highest BCUT2D eigenvalue weighted by Crippen LogP contribution is 2.23. The molecule has 0 saturated carbocycles. The van der Waals surface area contributed by atoms with Crippen LogP contribution in [-0.4, -0.2) is 44.2 Å². The second-order valence-electron chi connectivity index (χ2n) is 6.71. The van der Waals surface area contributed by atoms with Gasteiger partial charge in [0.2, 0.25) is 5.91 Å². The first-order valence-electron chi connectivity index (χ1n) is 9.13. The molecule has 1 heterocycles. The number of carbonyl (C=O) groups excluding carboxylic acids is 1. The fourth-order valence-electron chi connectivity index (χ4n) is 3.26. The lowest BCUT2D eigenvalue weighted by molar-refractivity contribution is -0.130. The van der Waals surface area contributed by atoms with Gasteiger partial charge in [0.15, 0.2) is 0 Å². The Hall–Kier alpha value is -1.92. The molecule has 1 amide bonds. The Morgan fingerprint density at radius 3 is 2.67 bits per heavy atom. The molecule has 0 radical (unpaired) electrons. The highest BCUT2D eigenvalue weighted by atomic mass is 79.9. The summed E-state index contributed by atoms with van der Waals surface area (Å²) in [6, 6.07) is 13.1. The first kappa shape index (κ1) is 19.8. The zero-order valence-corrected chi connectivity index (χ0v) is 17.0. The zero-order chi connectivity index (χ0) is 19.2. The molecule has 2 aromatic carbocycles. The number of ether oxygens (including phenoxy) is 1. The van der Waals surface area contributed by atoms with Crippen LogP contribution in [-0.2, 0) is 22.5 Å². The summed E-state index contributed by atoms with van der Waals surface area (Å²) in [6.45, 7) is 3.70. The van der Waals surface area contributed by atoms with Crippen LogP contribution in [0.5, 0.6) is 0 Å². The Kier molecular flexibility index (Phi) is 6.85. The van der Waals surface area contributed by atoms with Crippen molar-refractivity contribution in [3.8, 4) is 0 Å². The van der Waals surface area contributed by atoms with Crippen LogP contribution in [0, 0.1) is 5.82 Å². The molecule has 0 aliphatic carbocycles. The zero-order valence-electron chi connectivity index (χ0n) is 15.5. The van der Waals surface area contributed by atoms with E-state index in [1.807, 2.05) is 12.1 Å². The number of hydrogen-bond donors (Lipinski definition) is 0. The number of carbonyl (C=O) groups is 1. The summed E-state index contributed by atoms with van der Waals surface area (Å²) in [5.41, 5.74) is 2.83. The SMILES string of the molecule is CN(Cc1ccccc1N1CCOCC1)C(=O)CCc1ccc(Br)cc1F. The maximum atomic E-state index is 13.9. The number of morpholine rings is 1. The molecule has 2 aromatic rings. The monoisotopic (exact) mass is 434 g/mol. The fraction of sp³-hybridized carbons (Fsp3) is 0.381. The summed E-state index contributed by atoms with van der Waals surface area (Å²) in [5, 5.41) is 0. The molecule has 1 aliphatic heterocycles. The summed E-state index contributed by atoms with van der Waals surface area (Å²) in [6.07, 6.45) is 0.683. The third-order valence-corrected chi connectivity index (χ3v) is 5.29. The second kappa shape index (κ2) is 9.33. The molecule has 0 aromatic heterocycles. The molecule has 0 unspecified atom stereocenters. The summed E-state index contributed by atoms with van der Waals surface area (Å²) in [7, 11) is 1.80. The van der Waals surface area contributed by atoms with Gasteiger partial charge in [0.25, 0.3) is 0 Å². The number of aryl methyl sites for hydroxylation is 1. The van der Waals surface area contributed by atoms with Crippen LogP contribution < -0.4 is 4.90 Å². The molecule has 0 N–H and O–H groups in total. The Morgan fingerprint density at radius 2 is 1.93 bits per heavy atom. The summed E-state index contributed by atoms with van der Waals surface area (Å²) in [5.74, 6) is -0.272. The Labute approximate surface area is 168 Å². The smallest absolute Gasteiger partial charge is 0.222 e. The van der Waals surface area contributed by atoms with Gasteiger partial charge in [-0.3, -0.25) is 4.79 Å². The molecule has 1 saturated heterocycles. The van der Waals surface area contributed by atoms with Gasteiger partial charge in [-0.05, 0) is 35.7 Å². The van der Waals surface area contributed by atoms with Crippen molar-refractivity contribution in [1.29, 1.82) is 0 Å². The van der Waals surface area contributed by atoms with Crippen LogP contribution in [0.25, 0.3) is 0 Å². The molecular formula is C21H24BrFN2O2. The molecule has 4 nitrogen and oxygen atoms in total. The summed E-state index contributed by atoms with van der Waals surface area (Å²) in [4.78, 5) is 16.6. The van der Waals surface area contributed by atoms with Gasteiger partial charge in [-0.2, -0.15) is 0 Å². The normalized spacial score (nSPS) is 14.3. The molecular weight excluding hydrogens is 411 g/mol. The van der Waals surface area contributed by atoms with Crippen molar-refractivity contribution in [2.24, 2.45) is 0 Å². The number of hydrogen-bond acceptors (Lipinski definition) is 3. The van der Waals surface area contributed by atoms with Gasteiger partial charge in [-0.15, -0.1) is 0 Å². The van der Waals surface area contributed by atoms with E-state index in [9.17, 15) is 9.18 Å². The van der Waals surface area contributed by atoms with E-state index in [4.69, 9.17) is 4.74 Å². The van der Waals surface area contributed by atoms with Crippen molar-refractivity contribution in [3.05, 3.63) is 63.9 Å². The minimum atomic E-state index is -0.280. The van der Waals surface area contributed by atoms with Crippen molar-refractivity contribution in [2.75, 3.05) is 38.3 Å². The van der Waals surface area contributed by atoms with Gasteiger partial charge in [0.1, 0.15) is 5.82 Å². The topological polar surface area (TPSA) is 32.8 Å². The van der Waals surface area contributed by atoms with Gasteiger partial charge >= 0.3 is 0 Å². The lowest BCUT2D eigenvalue weighted by Gasteiger charge is -2.31. The molecule has 0 atom stereocenters. The van der Waals surface area contributed by atoms with Crippen LogP contribution in [0.15, 0.2) is 46.9 Å². The van der Waals surface area contributed by atoms with E-state index in [0.29, 0.717) is 23.0 Å². The van der Waals surface area contributed by atoms with Gasteiger partial charge < -0.3 is 14.5 Å². The molecule has 27 heavy (non-hydrogen) atoms. The van der Waals surface area contributed by atoms with E-state index in [1.165, 1.54) is 6.07 Å². The third-order valence-electron chi connectivity index (χ3n) is 4.80. The summed E-state index contributed by atoms with van der Waals surface area (Å²) >= 11 is 3.25. The second-order valence-corrected chi connectivity index (χ2v) is 7.63. The van der Waals surface area contributed by atoms with E-state index < -0.39 is 0 Å². The third kappa shape index (κ3) is 5.30. The predicted octanol–water partition coefficient (Wildman–Crippen LogP) is 4.02. The molecule has 1 aliphatic rings. The van der Waals surface area contributed by atoms with Crippen molar-refractivity contribution in [3.63, 3.8) is 0 Å². The van der Waals surface area contributed by atoms with Crippen LogP contribution in [0.4, 0.5) is 10.1 Å². The summed E-state index contributed by atoms with van der Waals surface area (Å²) < 4.78 is 20.1. The van der Waals surface area contributed by atoms with E-state index in [-0.39, 0.29) is 18.1 Å². The molecule has 1 fully saturated rings. The Balaban J connectivity index is 1.61. The number of benzene rings is 2. The Morgan fingerprint density at radius 1 is 1.19 bits per heavy atom. The average molecular weight is 435 g/mol. The lowest BCUT2D eigenvalue weighted by Crippen LogP contribution is -2.37. The maximum Gasteiger partial charge on any atom is 0.222 e. The maximum absolute atomic E-state index is 13.9. The van der Waals surface area contributed by atoms with Gasteiger partial charge in [0, 0.05) is 43.3 Å². The van der Waals surface area contributed by atoms with Crippen LogP contribution in [0.3, 0.4) is 0 Å². The highest BCUT2D eigenvalue weighted by Gasteiger charge is 2.17. The van der Waals surface area contributed by atoms with E-state index in [2.05, 4.69) is 33.0 Å². The van der Waals surface area contributed by atoms with E-state index in [1.54, 1.807) is 24.1 Å². The van der Waals surface area contributed by atoms with Crippen molar-refractivity contribution in [1.82, 2.24) is 4.90 Å². The van der Waals surface area contributed by atoms with Crippen molar-refractivity contribution in [2.45, 2.75) is 19.4 Å². The lowest BCUT2D eigenvalue weighted by atomic mass is 10.1. The highest BCUT2D eigenvalue weighted by molar-refractivity contribution is 9.10. The number of nitrogens with zero attached hydrogens (tertiary/aromatic N) is 2. The van der Waals surface area contributed by atoms with Crippen molar-refractivity contribution >= 4 is 27.5 Å². The number of amides is 1.